The van der Waals surface area contributed by atoms with Gasteiger partial charge in [0, 0.05) is 13.7 Å². The lowest BCUT2D eigenvalue weighted by Crippen LogP contribution is -2.10. The second kappa shape index (κ2) is 6.66. The molecule has 0 bridgehead atoms. The van der Waals surface area contributed by atoms with E-state index in [-0.39, 0.29) is 0 Å². The van der Waals surface area contributed by atoms with Crippen LogP contribution in [0.15, 0.2) is 0 Å². The van der Waals surface area contributed by atoms with Crippen molar-refractivity contribution in [3.05, 3.63) is 0 Å². The molecule has 0 radical (unpaired) electrons. The van der Waals surface area contributed by atoms with E-state index in [1.54, 1.807) is 7.11 Å². The van der Waals surface area contributed by atoms with Crippen LogP contribution in [0.25, 0.3) is 0 Å². The van der Waals surface area contributed by atoms with Gasteiger partial charge in [-0.25, -0.2) is 0 Å². The summed E-state index contributed by atoms with van der Waals surface area (Å²) in [5.74, 6) is 1.67. The molecule has 1 atom stereocenters. The minimum absolute atomic E-state index is 0.810. The summed E-state index contributed by atoms with van der Waals surface area (Å²) in [4.78, 5) is 0. The Bertz CT molecular complexity index is 78.9. The topological polar surface area (TPSA) is 9.23 Å². The fourth-order valence-corrected chi connectivity index (χ4v) is 1.45. The van der Waals surface area contributed by atoms with Gasteiger partial charge in [-0.1, -0.05) is 33.6 Å². The molecular formula is C10H22O. The third-order valence-corrected chi connectivity index (χ3v) is 2.30. The van der Waals surface area contributed by atoms with Crippen LogP contribution in [0.2, 0.25) is 0 Å². The molecule has 0 aromatic rings. The van der Waals surface area contributed by atoms with Crippen LogP contribution >= 0.6 is 0 Å². The van der Waals surface area contributed by atoms with E-state index in [0.29, 0.717) is 0 Å². The van der Waals surface area contributed by atoms with Crippen molar-refractivity contribution in [2.24, 2.45) is 11.8 Å². The summed E-state index contributed by atoms with van der Waals surface area (Å²) in [7, 11) is 1.78. The fourth-order valence-electron chi connectivity index (χ4n) is 1.45. The molecule has 0 heterocycles. The first kappa shape index (κ1) is 11.0. The van der Waals surface area contributed by atoms with E-state index in [1.807, 2.05) is 0 Å². The van der Waals surface area contributed by atoms with Gasteiger partial charge in [-0.3, -0.25) is 0 Å². The van der Waals surface area contributed by atoms with Crippen molar-refractivity contribution >= 4 is 0 Å². The minimum Gasteiger partial charge on any atom is -0.385 e. The van der Waals surface area contributed by atoms with Gasteiger partial charge in [-0.2, -0.15) is 0 Å². The molecule has 0 N–H and O–H groups in total. The predicted octanol–water partition coefficient (Wildman–Crippen LogP) is 3.10. The van der Waals surface area contributed by atoms with Crippen molar-refractivity contribution in [1.29, 1.82) is 0 Å². The van der Waals surface area contributed by atoms with E-state index < -0.39 is 0 Å². The first-order chi connectivity index (χ1) is 5.22. The number of hydrogen-bond donors (Lipinski definition) is 0. The maximum atomic E-state index is 5.07. The first-order valence-corrected chi connectivity index (χ1v) is 4.71. The van der Waals surface area contributed by atoms with Crippen LogP contribution in [0.5, 0.6) is 0 Å². The van der Waals surface area contributed by atoms with E-state index in [4.69, 9.17) is 4.74 Å². The molecule has 68 valence electrons. The smallest absolute Gasteiger partial charge is 0.0465 e. The van der Waals surface area contributed by atoms with Crippen LogP contribution in [0.3, 0.4) is 0 Å². The first-order valence-electron chi connectivity index (χ1n) is 4.71. The van der Waals surface area contributed by atoms with Crippen molar-refractivity contribution < 1.29 is 4.74 Å². The molecule has 1 unspecified atom stereocenters. The average molecular weight is 158 g/mol. The fraction of sp³-hybridized carbons (Fsp3) is 1.00. The predicted molar refractivity (Wildman–Crippen MR) is 49.7 cm³/mol. The monoisotopic (exact) mass is 158 g/mol. The Kier molecular flexibility index (Phi) is 6.63. The van der Waals surface area contributed by atoms with Gasteiger partial charge < -0.3 is 4.74 Å². The average Bonchev–Trinajstić information content (AvgIpc) is 1.97. The molecule has 0 spiro atoms. The van der Waals surface area contributed by atoms with Gasteiger partial charge in [-0.05, 0) is 18.3 Å². The summed E-state index contributed by atoms with van der Waals surface area (Å²) in [5.41, 5.74) is 0. The lowest BCUT2D eigenvalue weighted by molar-refractivity contribution is 0.161. The van der Waals surface area contributed by atoms with Crippen molar-refractivity contribution in [3.63, 3.8) is 0 Å². The largest absolute Gasteiger partial charge is 0.385 e. The highest BCUT2D eigenvalue weighted by Crippen LogP contribution is 2.20. The zero-order valence-corrected chi connectivity index (χ0v) is 8.39. The van der Waals surface area contributed by atoms with E-state index >= 15 is 0 Å². The molecule has 0 aliphatic heterocycles. The molecule has 0 saturated carbocycles. The second-order valence-electron chi connectivity index (χ2n) is 3.57. The molecule has 0 aromatic heterocycles. The Morgan fingerprint density at radius 1 is 1.18 bits per heavy atom. The summed E-state index contributed by atoms with van der Waals surface area (Å²) < 4.78 is 5.07. The van der Waals surface area contributed by atoms with E-state index in [2.05, 4.69) is 20.8 Å². The normalized spacial score (nSPS) is 13.9. The van der Waals surface area contributed by atoms with Crippen LogP contribution < -0.4 is 0 Å². The molecule has 0 amide bonds. The lowest BCUT2D eigenvalue weighted by atomic mass is 9.89. The zero-order valence-electron chi connectivity index (χ0n) is 8.39. The molecule has 1 heteroatoms. The molecule has 1 nitrogen and oxygen atoms in total. The molecule has 11 heavy (non-hydrogen) atoms. The molecule has 0 fully saturated rings. The lowest BCUT2D eigenvalue weighted by Gasteiger charge is -2.19. The van der Waals surface area contributed by atoms with Gasteiger partial charge in [0.1, 0.15) is 0 Å². The maximum Gasteiger partial charge on any atom is 0.0465 e. The summed E-state index contributed by atoms with van der Waals surface area (Å²) in [6.07, 6.45) is 3.87. The Morgan fingerprint density at radius 2 is 1.82 bits per heavy atom. The van der Waals surface area contributed by atoms with Crippen LogP contribution in [0.4, 0.5) is 0 Å². The van der Waals surface area contributed by atoms with Gasteiger partial charge in [0.2, 0.25) is 0 Å². The Labute approximate surface area is 71.1 Å². The molecule has 0 aromatic carbocycles. The standard InChI is InChI=1S/C10H22O/c1-5-6-10(9(2)3)7-8-11-4/h9-10H,5-8H2,1-4H3. The Hall–Kier alpha value is -0.0400. The van der Waals surface area contributed by atoms with Gasteiger partial charge in [-0.15, -0.1) is 0 Å². The summed E-state index contributed by atoms with van der Waals surface area (Å²) in [5, 5.41) is 0. The highest BCUT2D eigenvalue weighted by molar-refractivity contribution is 4.61. The Balaban J connectivity index is 3.51. The molecular weight excluding hydrogens is 136 g/mol. The molecule has 0 aliphatic carbocycles. The van der Waals surface area contributed by atoms with Crippen LogP contribution in [0, 0.1) is 11.8 Å². The quantitative estimate of drug-likeness (QED) is 0.577. The molecule has 0 saturated heterocycles. The number of ether oxygens (including phenoxy) is 1. The van der Waals surface area contributed by atoms with E-state index in [1.165, 1.54) is 19.3 Å². The number of methoxy groups -OCH3 is 1. The third kappa shape index (κ3) is 5.25. The number of hydrogen-bond acceptors (Lipinski definition) is 1. The van der Waals surface area contributed by atoms with Gasteiger partial charge in [0.15, 0.2) is 0 Å². The van der Waals surface area contributed by atoms with Crippen molar-refractivity contribution in [2.75, 3.05) is 13.7 Å². The highest BCUT2D eigenvalue weighted by Gasteiger charge is 2.10. The van der Waals surface area contributed by atoms with Gasteiger partial charge in [0.25, 0.3) is 0 Å². The van der Waals surface area contributed by atoms with Crippen molar-refractivity contribution in [2.45, 2.75) is 40.0 Å². The zero-order chi connectivity index (χ0) is 8.69. The van der Waals surface area contributed by atoms with E-state index in [0.717, 1.165) is 18.4 Å². The van der Waals surface area contributed by atoms with Crippen LogP contribution in [-0.4, -0.2) is 13.7 Å². The molecule has 0 aliphatic rings. The summed E-state index contributed by atoms with van der Waals surface area (Å²) in [6, 6.07) is 0. The van der Waals surface area contributed by atoms with Crippen molar-refractivity contribution in [3.8, 4) is 0 Å². The van der Waals surface area contributed by atoms with Crippen LogP contribution in [0.1, 0.15) is 40.0 Å². The third-order valence-electron chi connectivity index (χ3n) is 2.30. The minimum atomic E-state index is 0.810. The van der Waals surface area contributed by atoms with Crippen molar-refractivity contribution in [1.82, 2.24) is 0 Å². The Morgan fingerprint density at radius 3 is 2.18 bits per heavy atom. The summed E-state index contributed by atoms with van der Waals surface area (Å²) in [6.45, 7) is 7.77. The van der Waals surface area contributed by atoms with Gasteiger partial charge >= 0.3 is 0 Å². The summed E-state index contributed by atoms with van der Waals surface area (Å²) >= 11 is 0. The number of rotatable bonds is 6. The maximum absolute atomic E-state index is 5.07. The van der Waals surface area contributed by atoms with Gasteiger partial charge in [0.05, 0.1) is 0 Å². The highest BCUT2D eigenvalue weighted by atomic mass is 16.5. The van der Waals surface area contributed by atoms with Crippen LogP contribution in [-0.2, 0) is 4.74 Å². The molecule has 0 rings (SSSR count). The second-order valence-corrected chi connectivity index (χ2v) is 3.57. The SMILES string of the molecule is CCCC(CCOC)C(C)C. The van der Waals surface area contributed by atoms with E-state index in [9.17, 15) is 0 Å².